The van der Waals surface area contributed by atoms with E-state index in [9.17, 15) is 5.11 Å². The number of ether oxygens (including phenoxy) is 2. The fourth-order valence-corrected chi connectivity index (χ4v) is 4.52. The number of hydrogen-bond acceptors (Lipinski definition) is 3. The third kappa shape index (κ3) is 9.51. The van der Waals surface area contributed by atoms with Gasteiger partial charge in [-0.1, -0.05) is 72.8 Å². The topological polar surface area (TPSA) is 38.7 Å². The van der Waals surface area contributed by atoms with Crippen LogP contribution in [0.4, 0.5) is 0 Å². The van der Waals surface area contributed by atoms with Crippen molar-refractivity contribution in [2.24, 2.45) is 0 Å². The molecule has 0 saturated heterocycles. The van der Waals surface area contributed by atoms with Crippen molar-refractivity contribution in [3.05, 3.63) is 101 Å². The van der Waals surface area contributed by atoms with Crippen LogP contribution in [0.2, 0.25) is 0 Å². The van der Waals surface area contributed by atoms with Gasteiger partial charge in [0.25, 0.3) is 0 Å². The van der Waals surface area contributed by atoms with Gasteiger partial charge in [-0.05, 0) is 81.7 Å². The molecule has 3 nitrogen and oxygen atoms in total. The van der Waals surface area contributed by atoms with Crippen LogP contribution in [0.5, 0.6) is 5.75 Å². The van der Waals surface area contributed by atoms with Crippen LogP contribution in [-0.2, 0) is 35.2 Å². The van der Waals surface area contributed by atoms with E-state index in [4.69, 9.17) is 9.47 Å². The van der Waals surface area contributed by atoms with Gasteiger partial charge in [-0.15, -0.1) is 0 Å². The normalized spacial score (nSPS) is 12.1. The lowest BCUT2D eigenvalue weighted by atomic mass is 9.88. The number of rotatable bonds is 14. The largest absolute Gasteiger partial charge is 0.508 e. The Morgan fingerprint density at radius 1 is 0.600 bits per heavy atom. The van der Waals surface area contributed by atoms with E-state index in [1.165, 1.54) is 11.1 Å². The Kier molecular flexibility index (Phi) is 9.94. The van der Waals surface area contributed by atoms with Crippen molar-refractivity contribution in [3.8, 4) is 5.75 Å². The molecule has 0 aromatic heterocycles. The van der Waals surface area contributed by atoms with Gasteiger partial charge in [-0.25, -0.2) is 0 Å². The van der Waals surface area contributed by atoms with Crippen LogP contribution in [0.15, 0.2) is 78.9 Å². The standard InChI is InChI=1S/C32H42O3/c1-31(2,34-22-12-18-26-14-7-5-8-15-26)24-28-20-11-21-30(33)29(28)25-32(3,4)35-23-13-19-27-16-9-6-10-17-27/h5-11,14-17,20-21,33H,12-13,18-19,22-25H2,1-4H3. The first-order valence-corrected chi connectivity index (χ1v) is 12.9. The van der Waals surface area contributed by atoms with Crippen molar-refractivity contribution in [2.45, 2.75) is 77.4 Å². The van der Waals surface area contributed by atoms with Crippen LogP contribution in [0.3, 0.4) is 0 Å². The van der Waals surface area contributed by atoms with Gasteiger partial charge in [-0.3, -0.25) is 0 Å². The Bertz CT molecular complexity index is 1010. The van der Waals surface area contributed by atoms with Crippen LogP contribution in [0.1, 0.15) is 62.8 Å². The number of benzene rings is 3. The Morgan fingerprint density at radius 3 is 1.60 bits per heavy atom. The summed E-state index contributed by atoms with van der Waals surface area (Å²) >= 11 is 0. The van der Waals surface area contributed by atoms with Gasteiger partial charge >= 0.3 is 0 Å². The first kappa shape index (κ1) is 27.0. The first-order valence-electron chi connectivity index (χ1n) is 12.9. The summed E-state index contributed by atoms with van der Waals surface area (Å²) in [5.74, 6) is 0.336. The number of phenolic OH excluding ortho intramolecular Hbond substituents is 1. The van der Waals surface area contributed by atoms with Gasteiger partial charge < -0.3 is 14.6 Å². The van der Waals surface area contributed by atoms with Crippen molar-refractivity contribution in [1.82, 2.24) is 0 Å². The molecule has 0 fully saturated rings. The summed E-state index contributed by atoms with van der Waals surface area (Å²) in [6.07, 6.45) is 5.39. The van der Waals surface area contributed by atoms with E-state index in [1.54, 1.807) is 6.07 Å². The Balaban J connectivity index is 1.52. The molecular weight excluding hydrogens is 432 g/mol. The molecule has 0 unspecified atom stereocenters. The Hall–Kier alpha value is -2.62. The van der Waals surface area contributed by atoms with E-state index in [2.05, 4.69) is 82.3 Å². The van der Waals surface area contributed by atoms with E-state index < -0.39 is 0 Å². The van der Waals surface area contributed by atoms with Gasteiger partial charge in [0.1, 0.15) is 5.75 Å². The summed E-state index contributed by atoms with van der Waals surface area (Å²) in [7, 11) is 0. The third-order valence-corrected chi connectivity index (χ3v) is 6.36. The van der Waals surface area contributed by atoms with Crippen molar-refractivity contribution in [1.29, 1.82) is 0 Å². The molecule has 3 heteroatoms. The minimum atomic E-state index is -0.370. The molecule has 1 N–H and O–H groups in total. The molecule has 35 heavy (non-hydrogen) atoms. The highest BCUT2D eigenvalue weighted by atomic mass is 16.5. The highest BCUT2D eigenvalue weighted by Gasteiger charge is 2.26. The molecule has 188 valence electrons. The summed E-state index contributed by atoms with van der Waals surface area (Å²) in [6.45, 7) is 9.89. The summed E-state index contributed by atoms with van der Waals surface area (Å²) in [4.78, 5) is 0. The maximum atomic E-state index is 10.7. The molecule has 3 aromatic carbocycles. The molecule has 0 saturated carbocycles. The van der Waals surface area contributed by atoms with E-state index in [0.717, 1.165) is 43.2 Å². The molecule has 0 heterocycles. The van der Waals surface area contributed by atoms with E-state index in [1.807, 2.05) is 18.2 Å². The predicted octanol–water partition coefficient (Wildman–Crippen LogP) is 7.33. The zero-order chi connectivity index (χ0) is 25.2. The molecule has 3 rings (SSSR count). The molecule has 0 bridgehead atoms. The molecule has 0 aliphatic rings. The quantitative estimate of drug-likeness (QED) is 0.249. The number of phenols is 1. The van der Waals surface area contributed by atoms with E-state index in [0.29, 0.717) is 25.4 Å². The average molecular weight is 475 g/mol. The predicted molar refractivity (Wildman–Crippen MR) is 145 cm³/mol. The lowest BCUT2D eigenvalue weighted by Crippen LogP contribution is -2.31. The summed E-state index contributed by atoms with van der Waals surface area (Å²) in [5, 5.41) is 10.7. The SMILES string of the molecule is CC(C)(Cc1cccc(O)c1CC(C)(C)OCCCc1ccccc1)OCCCc1ccccc1. The summed E-state index contributed by atoms with van der Waals surface area (Å²) < 4.78 is 12.6. The molecule has 0 aliphatic carbocycles. The van der Waals surface area contributed by atoms with Gasteiger partial charge in [0.2, 0.25) is 0 Å². The highest BCUT2D eigenvalue weighted by molar-refractivity contribution is 5.41. The minimum absolute atomic E-state index is 0.320. The first-order chi connectivity index (χ1) is 16.7. The van der Waals surface area contributed by atoms with Crippen LogP contribution >= 0.6 is 0 Å². The Labute approximate surface area is 212 Å². The number of hydrogen-bond donors (Lipinski definition) is 1. The number of aromatic hydroxyl groups is 1. The molecule has 0 radical (unpaired) electrons. The minimum Gasteiger partial charge on any atom is -0.508 e. The van der Waals surface area contributed by atoms with Gasteiger partial charge in [0.05, 0.1) is 11.2 Å². The molecule has 0 atom stereocenters. The summed E-state index contributed by atoms with van der Waals surface area (Å²) in [5.41, 5.74) is 4.07. The highest BCUT2D eigenvalue weighted by Crippen LogP contribution is 2.31. The molecule has 0 spiro atoms. The van der Waals surface area contributed by atoms with Crippen molar-refractivity contribution in [2.75, 3.05) is 13.2 Å². The maximum absolute atomic E-state index is 10.7. The average Bonchev–Trinajstić information content (AvgIpc) is 2.83. The third-order valence-electron chi connectivity index (χ3n) is 6.36. The monoisotopic (exact) mass is 474 g/mol. The molecular formula is C32H42O3. The van der Waals surface area contributed by atoms with Gasteiger partial charge in [-0.2, -0.15) is 0 Å². The van der Waals surface area contributed by atoms with Gasteiger partial charge in [0.15, 0.2) is 0 Å². The van der Waals surface area contributed by atoms with E-state index in [-0.39, 0.29) is 11.2 Å². The van der Waals surface area contributed by atoms with E-state index >= 15 is 0 Å². The number of aryl methyl sites for hydroxylation is 2. The van der Waals surface area contributed by atoms with Crippen LogP contribution < -0.4 is 0 Å². The smallest absolute Gasteiger partial charge is 0.119 e. The lowest BCUT2D eigenvalue weighted by molar-refractivity contribution is -0.0223. The van der Waals surface area contributed by atoms with Crippen molar-refractivity contribution in [3.63, 3.8) is 0 Å². The second-order valence-corrected chi connectivity index (χ2v) is 10.7. The second-order valence-electron chi connectivity index (χ2n) is 10.7. The maximum Gasteiger partial charge on any atom is 0.119 e. The second kappa shape index (κ2) is 12.9. The fourth-order valence-electron chi connectivity index (χ4n) is 4.52. The molecule has 0 aliphatic heterocycles. The van der Waals surface area contributed by atoms with Crippen molar-refractivity contribution < 1.29 is 14.6 Å². The van der Waals surface area contributed by atoms with Crippen LogP contribution in [0, 0.1) is 0 Å². The van der Waals surface area contributed by atoms with Crippen LogP contribution in [0.25, 0.3) is 0 Å². The lowest BCUT2D eigenvalue weighted by Gasteiger charge is -2.30. The molecule has 3 aromatic rings. The van der Waals surface area contributed by atoms with Gasteiger partial charge in [0, 0.05) is 26.1 Å². The van der Waals surface area contributed by atoms with Crippen molar-refractivity contribution >= 4 is 0 Å². The molecule has 0 amide bonds. The zero-order valence-corrected chi connectivity index (χ0v) is 21.9. The Morgan fingerprint density at radius 2 is 1.09 bits per heavy atom. The van der Waals surface area contributed by atoms with Crippen LogP contribution in [-0.4, -0.2) is 29.5 Å². The fraction of sp³-hybridized carbons (Fsp3) is 0.438. The zero-order valence-electron chi connectivity index (χ0n) is 21.9. The summed E-state index contributed by atoms with van der Waals surface area (Å²) in [6, 6.07) is 26.9.